The number of benzene rings is 1. The molecule has 0 saturated carbocycles. The summed E-state index contributed by atoms with van der Waals surface area (Å²) < 4.78 is 10.3. The van der Waals surface area contributed by atoms with Crippen LogP contribution in [0.2, 0.25) is 0 Å². The maximum atomic E-state index is 11.4. The fourth-order valence-electron chi connectivity index (χ4n) is 1.83. The van der Waals surface area contributed by atoms with Crippen molar-refractivity contribution in [1.82, 2.24) is 0 Å². The van der Waals surface area contributed by atoms with Crippen LogP contribution in [0.5, 0.6) is 0 Å². The third kappa shape index (κ3) is 1.98. The van der Waals surface area contributed by atoms with E-state index in [4.69, 9.17) is 8.83 Å². The fraction of sp³-hybridized carbons (Fsp3) is 0. The molecule has 0 radical (unpaired) electrons. The van der Waals surface area contributed by atoms with E-state index in [2.05, 4.69) is 0 Å². The standard InChI is InChI=1S/C15H10O3/c16-15-10-11(7-8-12-4-3-9-17-12)13-5-1-2-6-14(13)18-15/h1-10H/b8-7+. The summed E-state index contributed by atoms with van der Waals surface area (Å²) in [6, 6.07) is 12.6. The number of para-hydroxylation sites is 1. The van der Waals surface area contributed by atoms with Gasteiger partial charge >= 0.3 is 5.63 Å². The van der Waals surface area contributed by atoms with Gasteiger partial charge in [0.15, 0.2) is 0 Å². The summed E-state index contributed by atoms with van der Waals surface area (Å²) in [7, 11) is 0. The van der Waals surface area contributed by atoms with E-state index in [1.165, 1.54) is 6.07 Å². The van der Waals surface area contributed by atoms with Crippen LogP contribution in [0.25, 0.3) is 23.1 Å². The van der Waals surface area contributed by atoms with Crippen molar-refractivity contribution in [2.75, 3.05) is 0 Å². The molecule has 18 heavy (non-hydrogen) atoms. The molecular weight excluding hydrogens is 228 g/mol. The van der Waals surface area contributed by atoms with Crippen molar-refractivity contribution in [1.29, 1.82) is 0 Å². The quantitative estimate of drug-likeness (QED) is 0.641. The minimum atomic E-state index is -0.354. The molecule has 1 aromatic carbocycles. The molecule has 0 fully saturated rings. The van der Waals surface area contributed by atoms with Crippen LogP contribution in [0.1, 0.15) is 11.3 Å². The Morgan fingerprint density at radius 2 is 1.89 bits per heavy atom. The van der Waals surface area contributed by atoms with Crippen LogP contribution in [-0.4, -0.2) is 0 Å². The van der Waals surface area contributed by atoms with E-state index in [9.17, 15) is 4.79 Å². The molecule has 0 N–H and O–H groups in total. The smallest absolute Gasteiger partial charge is 0.336 e. The summed E-state index contributed by atoms with van der Waals surface area (Å²) in [6.45, 7) is 0. The Morgan fingerprint density at radius 1 is 1.00 bits per heavy atom. The molecule has 0 unspecified atom stereocenters. The molecule has 3 aromatic rings. The van der Waals surface area contributed by atoms with Crippen LogP contribution in [0.4, 0.5) is 0 Å². The lowest BCUT2D eigenvalue weighted by Crippen LogP contribution is -1.97. The third-order valence-corrected chi connectivity index (χ3v) is 2.65. The molecule has 88 valence electrons. The Bertz CT molecular complexity index is 749. The predicted octanol–water partition coefficient (Wildman–Crippen LogP) is 3.56. The van der Waals surface area contributed by atoms with Crippen molar-refractivity contribution >= 4 is 23.1 Å². The fourth-order valence-corrected chi connectivity index (χ4v) is 1.83. The molecule has 0 aliphatic carbocycles. The van der Waals surface area contributed by atoms with Crippen molar-refractivity contribution in [3.63, 3.8) is 0 Å². The summed E-state index contributed by atoms with van der Waals surface area (Å²) in [5, 5.41) is 0.903. The van der Waals surface area contributed by atoms with E-state index in [0.717, 1.165) is 16.7 Å². The SMILES string of the molecule is O=c1cc(/C=C/c2ccco2)c2ccccc2o1. The van der Waals surface area contributed by atoms with Gasteiger partial charge in [-0.25, -0.2) is 4.79 Å². The van der Waals surface area contributed by atoms with Crippen LogP contribution in [0.15, 0.2) is 62.4 Å². The number of hydrogen-bond acceptors (Lipinski definition) is 3. The Labute approximate surface area is 103 Å². The summed E-state index contributed by atoms with van der Waals surface area (Å²) in [5.74, 6) is 0.743. The zero-order chi connectivity index (χ0) is 12.4. The molecule has 0 saturated heterocycles. The lowest BCUT2D eigenvalue weighted by molar-refractivity contribution is 0.557. The summed E-state index contributed by atoms with van der Waals surface area (Å²) in [6.07, 6.45) is 5.27. The van der Waals surface area contributed by atoms with Gasteiger partial charge in [-0.05, 0) is 29.8 Å². The number of fused-ring (bicyclic) bond motifs is 1. The Kier molecular flexibility index (Phi) is 2.57. The normalized spacial score (nSPS) is 11.3. The highest BCUT2D eigenvalue weighted by Crippen LogP contribution is 2.18. The van der Waals surface area contributed by atoms with Crippen molar-refractivity contribution in [2.24, 2.45) is 0 Å². The first-order valence-electron chi connectivity index (χ1n) is 5.57. The second-order valence-electron chi connectivity index (χ2n) is 3.87. The molecule has 0 bridgehead atoms. The zero-order valence-electron chi connectivity index (χ0n) is 9.50. The monoisotopic (exact) mass is 238 g/mol. The van der Waals surface area contributed by atoms with Crippen LogP contribution in [0, 0.1) is 0 Å². The second-order valence-corrected chi connectivity index (χ2v) is 3.87. The highest BCUT2D eigenvalue weighted by molar-refractivity contribution is 5.88. The van der Waals surface area contributed by atoms with Crippen LogP contribution < -0.4 is 5.63 Å². The minimum absolute atomic E-state index is 0.354. The van der Waals surface area contributed by atoms with Crippen LogP contribution in [-0.2, 0) is 0 Å². The average Bonchev–Trinajstić information content (AvgIpc) is 2.89. The van der Waals surface area contributed by atoms with Crippen LogP contribution >= 0.6 is 0 Å². The van der Waals surface area contributed by atoms with E-state index >= 15 is 0 Å². The molecule has 0 atom stereocenters. The molecule has 0 aliphatic heterocycles. The van der Waals surface area contributed by atoms with E-state index < -0.39 is 0 Å². The maximum Gasteiger partial charge on any atom is 0.336 e. The molecule has 2 heterocycles. The molecule has 0 amide bonds. The third-order valence-electron chi connectivity index (χ3n) is 2.65. The van der Waals surface area contributed by atoms with Gasteiger partial charge in [0.1, 0.15) is 11.3 Å². The predicted molar refractivity (Wildman–Crippen MR) is 70.1 cm³/mol. The Morgan fingerprint density at radius 3 is 2.72 bits per heavy atom. The largest absolute Gasteiger partial charge is 0.465 e. The number of rotatable bonds is 2. The first-order chi connectivity index (χ1) is 8.83. The number of hydrogen-bond donors (Lipinski definition) is 0. The highest BCUT2D eigenvalue weighted by Gasteiger charge is 2.01. The lowest BCUT2D eigenvalue weighted by atomic mass is 10.1. The molecule has 3 nitrogen and oxygen atoms in total. The van der Waals surface area contributed by atoms with Gasteiger partial charge in [-0.1, -0.05) is 24.3 Å². The van der Waals surface area contributed by atoms with E-state index in [1.807, 2.05) is 42.5 Å². The van der Waals surface area contributed by atoms with Crippen LogP contribution in [0.3, 0.4) is 0 Å². The van der Waals surface area contributed by atoms with Gasteiger partial charge < -0.3 is 8.83 Å². The molecule has 0 spiro atoms. The average molecular weight is 238 g/mol. The molecule has 3 rings (SSSR count). The minimum Gasteiger partial charge on any atom is -0.465 e. The molecule has 2 aromatic heterocycles. The van der Waals surface area contributed by atoms with Gasteiger partial charge in [0.2, 0.25) is 0 Å². The first kappa shape index (κ1) is 10.6. The zero-order valence-corrected chi connectivity index (χ0v) is 9.50. The molecule has 0 aliphatic rings. The van der Waals surface area contributed by atoms with Crippen molar-refractivity contribution in [3.05, 3.63) is 70.5 Å². The van der Waals surface area contributed by atoms with E-state index in [1.54, 1.807) is 12.3 Å². The topological polar surface area (TPSA) is 43.4 Å². The summed E-state index contributed by atoms with van der Waals surface area (Å²) in [5.41, 5.74) is 1.05. The highest BCUT2D eigenvalue weighted by atomic mass is 16.4. The second kappa shape index (κ2) is 4.37. The van der Waals surface area contributed by atoms with Gasteiger partial charge in [0, 0.05) is 11.5 Å². The van der Waals surface area contributed by atoms with Gasteiger partial charge in [-0.3, -0.25) is 0 Å². The first-order valence-corrected chi connectivity index (χ1v) is 5.57. The van der Waals surface area contributed by atoms with Gasteiger partial charge in [0.05, 0.1) is 6.26 Å². The van der Waals surface area contributed by atoms with Crippen molar-refractivity contribution in [2.45, 2.75) is 0 Å². The Balaban J connectivity index is 2.14. The Hall–Kier alpha value is -2.55. The van der Waals surface area contributed by atoms with Crippen molar-refractivity contribution in [3.8, 4) is 0 Å². The van der Waals surface area contributed by atoms with Crippen molar-refractivity contribution < 1.29 is 8.83 Å². The molecule has 3 heteroatoms. The number of furan rings is 1. The summed E-state index contributed by atoms with van der Waals surface area (Å²) >= 11 is 0. The van der Waals surface area contributed by atoms with Gasteiger partial charge in [-0.2, -0.15) is 0 Å². The summed E-state index contributed by atoms with van der Waals surface area (Å²) in [4.78, 5) is 11.4. The van der Waals surface area contributed by atoms with Gasteiger partial charge in [0.25, 0.3) is 0 Å². The maximum absolute atomic E-state index is 11.4. The molecular formula is C15H10O3. The van der Waals surface area contributed by atoms with E-state index in [0.29, 0.717) is 5.58 Å². The lowest BCUT2D eigenvalue weighted by Gasteiger charge is -1.99. The van der Waals surface area contributed by atoms with E-state index in [-0.39, 0.29) is 5.63 Å². The van der Waals surface area contributed by atoms with Gasteiger partial charge in [-0.15, -0.1) is 0 Å².